The molecule has 21 heavy (non-hydrogen) atoms. The molecule has 0 heterocycles. The molecule has 2 rings (SSSR count). The monoisotopic (exact) mass is 344 g/mol. The van der Waals surface area contributed by atoms with Crippen LogP contribution in [-0.2, 0) is 16.1 Å². The lowest BCUT2D eigenvalue weighted by atomic mass is 10.1. The molecule has 1 unspecified atom stereocenters. The van der Waals surface area contributed by atoms with Crippen molar-refractivity contribution in [3.05, 3.63) is 68.7 Å². The quantitative estimate of drug-likeness (QED) is 0.830. The van der Waals surface area contributed by atoms with Gasteiger partial charge >= 0.3 is 5.97 Å². The molecule has 6 heteroatoms. The van der Waals surface area contributed by atoms with Crippen LogP contribution in [0.25, 0.3) is 0 Å². The number of carboxylic acid groups (broad SMARTS) is 1. The minimum atomic E-state index is -1.07. The number of halogens is 3. The number of hydrogen-bond donors (Lipinski definition) is 1. The number of hydrogen-bond acceptors (Lipinski definition) is 2. The van der Waals surface area contributed by atoms with E-state index in [1.165, 1.54) is 0 Å². The summed E-state index contributed by atoms with van der Waals surface area (Å²) >= 11 is 17.5. The van der Waals surface area contributed by atoms with Gasteiger partial charge in [-0.05, 0) is 35.4 Å². The Labute approximate surface area is 137 Å². The lowest BCUT2D eigenvalue weighted by Crippen LogP contribution is -2.15. The highest BCUT2D eigenvalue weighted by molar-refractivity contribution is 6.42. The average molecular weight is 346 g/mol. The second-order valence-electron chi connectivity index (χ2n) is 4.33. The molecule has 0 fully saturated rings. The zero-order valence-electron chi connectivity index (χ0n) is 10.7. The van der Waals surface area contributed by atoms with Crippen molar-refractivity contribution >= 4 is 40.8 Å². The van der Waals surface area contributed by atoms with Crippen molar-refractivity contribution in [2.75, 3.05) is 0 Å². The number of carbonyl (C=O) groups is 1. The first-order valence-electron chi connectivity index (χ1n) is 6.01. The SMILES string of the molecule is O=C(O)C(OCc1ccc(Cl)c(Cl)c1)c1ccc(Cl)cc1. The Morgan fingerprint density at radius 1 is 1.05 bits per heavy atom. The predicted molar refractivity (Wildman–Crippen MR) is 83.1 cm³/mol. The Morgan fingerprint density at radius 3 is 2.29 bits per heavy atom. The molecule has 0 saturated carbocycles. The third-order valence-electron chi connectivity index (χ3n) is 2.80. The lowest BCUT2D eigenvalue weighted by Gasteiger charge is -2.14. The topological polar surface area (TPSA) is 46.5 Å². The summed E-state index contributed by atoms with van der Waals surface area (Å²) in [7, 11) is 0. The maximum atomic E-state index is 11.3. The van der Waals surface area contributed by atoms with Crippen LogP contribution < -0.4 is 0 Å². The van der Waals surface area contributed by atoms with E-state index in [9.17, 15) is 9.90 Å². The number of ether oxygens (including phenoxy) is 1. The van der Waals surface area contributed by atoms with Crippen LogP contribution in [0, 0.1) is 0 Å². The fourth-order valence-corrected chi connectivity index (χ4v) is 2.20. The van der Waals surface area contributed by atoms with Gasteiger partial charge in [0, 0.05) is 5.02 Å². The second-order valence-corrected chi connectivity index (χ2v) is 5.58. The molecule has 110 valence electrons. The minimum Gasteiger partial charge on any atom is -0.479 e. The summed E-state index contributed by atoms with van der Waals surface area (Å²) in [5.41, 5.74) is 1.26. The van der Waals surface area contributed by atoms with E-state index in [2.05, 4.69) is 0 Å². The summed E-state index contributed by atoms with van der Waals surface area (Å²) in [4.78, 5) is 11.3. The molecule has 0 aliphatic heterocycles. The van der Waals surface area contributed by atoms with Gasteiger partial charge in [0.2, 0.25) is 0 Å². The molecular formula is C15H11Cl3O3. The minimum absolute atomic E-state index is 0.108. The number of aliphatic carboxylic acids is 1. The zero-order valence-corrected chi connectivity index (χ0v) is 13.0. The molecule has 0 aliphatic rings. The van der Waals surface area contributed by atoms with E-state index in [-0.39, 0.29) is 6.61 Å². The van der Waals surface area contributed by atoms with Crippen molar-refractivity contribution in [3.63, 3.8) is 0 Å². The Balaban J connectivity index is 2.11. The predicted octanol–water partition coefficient (Wildman–Crippen LogP) is 4.99. The van der Waals surface area contributed by atoms with E-state index in [1.807, 2.05) is 0 Å². The summed E-state index contributed by atoms with van der Waals surface area (Å²) in [5, 5.41) is 10.6. The van der Waals surface area contributed by atoms with Crippen molar-refractivity contribution in [3.8, 4) is 0 Å². The van der Waals surface area contributed by atoms with Crippen molar-refractivity contribution in [2.45, 2.75) is 12.7 Å². The Kier molecular flexibility index (Phi) is 5.48. The largest absolute Gasteiger partial charge is 0.479 e. The van der Waals surface area contributed by atoms with E-state index >= 15 is 0 Å². The van der Waals surface area contributed by atoms with Crippen molar-refractivity contribution in [2.24, 2.45) is 0 Å². The first-order valence-corrected chi connectivity index (χ1v) is 7.14. The van der Waals surface area contributed by atoms with E-state index in [4.69, 9.17) is 39.5 Å². The third kappa shape index (κ3) is 4.35. The first kappa shape index (κ1) is 16.1. The lowest BCUT2D eigenvalue weighted by molar-refractivity contribution is -0.151. The second kappa shape index (κ2) is 7.14. The molecule has 1 N–H and O–H groups in total. The Hall–Kier alpha value is -1.26. The van der Waals surface area contributed by atoms with Gasteiger partial charge in [-0.15, -0.1) is 0 Å². The highest BCUT2D eigenvalue weighted by Gasteiger charge is 2.20. The molecule has 0 spiro atoms. The Morgan fingerprint density at radius 2 is 1.71 bits per heavy atom. The van der Waals surface area contributed by atoms with E-state index in [1.54, 1.807) is 42.5 Å². The summed E-state index contributed by atoms with van der Waals surface area (Å²) in [6, 6.07) is 11.5. The fraction of sp³-hybridized carbons (Fsp3) is 0.133. The van der Waals surface area contributed by atoms with Gasteiger partial charge < -0.3 is 9.84 Å². The van der Waals surface area contributed by atoms with Crippen molar-refractivity contribution < 1.29 is 14.6 Å². The van der Waals surface area contributed by atoms with Gasteiger partial charge in [-0.1, -0.05) is 53.0 Å². The van der Waals surface area contributed by atoms with Crippen LogP contribution in [0.2, 0.25) is 15.1 Å². The maximum Gasteiger partial charge on any atom is 0.337 e. The van der Waals surface area contributed by atoms with Gasteiger partial charge in [0.05, 0.1) is 16.7 Å². The Bertz CT molecular complexity index is 641. The summed E-state index contributed by atoms with van der Waals surface area (Å²) in [5.74, 6) is -1.07. The van der Waals surface area contributed by atoms with Gasteiger partial charge in [-0.2, -0.15) is 0 Å². The van der Waals surface area contributed by atoms with Crippen molar-refractivity contribution in [1.29, 1.82) is 0 Å². The fourth-order valence-electron chi connectivity index (χ4n) is 1.76. The number of rotatable bonds is 5. The van der Waals surface area contributed by atoms with Crippen LogP contribution in [0.5, 0.6) is 0 Å². The van der Waals surface area contributed by atoms with Gasteiger partial charge in [0.25, 0.3) is 0 Å². The third-order valence-corrected chi connectivity index (χ3v) is 3.79. The van der Waals surface area contributed by atoms with Crippen LogP contribution >= 0.6 is 34.8 Å². The van der Waals surface area contributed by atoms with Gasteiger partial charge in [-0.25, -0.2) is 4.79 Å². The van der Waals surface area contributed by atoms with Crippen molar-refractivity contribution in [1.82, 2.24) is 0 Å². The van der Waals surface area contributed by atoms with E-state index in [0.29, 0.717) is 20.6 Å². The molecule has 0 aromatic heterocycles. The average Bonchev–Trinajstić information content (AvgIpc) is 2.44. The molecule has 0 bridgehead atoms. The van der Waals surface area contributed by atoms with Gasteiger partial charge in [0.1, 0.15) is 0 Å². The molecular weight excluding hydrogens is 335 g/mol. The summed E-state index contributed by atoms with van der Waals surface area (Å²) < 4.78 is 5.47. The van der Waals surface area contributed by atoms with Gasteiger partial charge in [0.15, 0.2) is 6.10 Å². The van der Waals surface area contributed by atoms with Crippen LogP contribution in [0.1, 0.15) is 17.2 Å². The first-order chi connectivity index (χ1) is 9.97. The van der Waals surface area contributed by atoms with E-state index < -0.39 is 12.1 Å². The maximum absolute atomic E-state index is 11.3. The van der Waals surface area contributed by atoms with Crippen LogP contribution in [0.4, 0.5) is 0 Å². The highest BCUT2D eigenvalue weighted by Crippen LogP contribution is 2.25. The molecule has 2 aromatic carbocycles. The van der Waals surface area contributed by atoms with Gasteiger partial charge in [-0.3, -0.25) is 0 Å². The molecule has 3 nitrogen and oxygen atoms in total. The van der Waals surface area contributed by atoms with E-state index in [0.717, 1.165) is 5.56 Å². The zero-order chi connectivity index (χ0) is 15.4. The van der Waals surface area contributed by atoms with Crippen LogP contribution in [0.3, 0.4) is 0 Å². The standard InChI is InChI=1S/C15H11Cl3O3/c16-11-4-2-10(3-5-11)14(15(19)20)21-8-9-1-6-12(17)13(18)7-9/h1-7,14H,8H2,(H,19,20). The molecule has 0 radical (unpaired) electrons. The molecule has 0 amide bonds. The summed E-state index contributed by atoms with van der Waals surface area (Å²) in [6.45, 7) is 0.108. The molecule has 1 atom stereocenters. The molecule has 0 aliphatic carbocycles. The highest BCUT2D eigenvalue weighted by atomic mass is 35.5. The normalized spacial score (nSPS) is 12.1. The number of carboxylic acids is 1. The molecule has 2 aromatic rings. The summed E-state index contributed by atoms with van der Waals surface area (Å²) in [6.07, 6.45) is -1.07. The smallest absolute Gasteiger partial charge is 0.337 e. The van der Waals surface area contributed by atoms with Crippen LogP contribution in [0.15, 0.2) is 42.5 Å². The van der Waals surface area contributed by atoms with Crippen LogP contribution in [-0.4, -0.2) is 11.1 Å². The molecule has 0 saturated heterocycles. The number of benzene rings is 2.